The topological polar surface area (TPSA) is 8.17 Å². The van der Waals surface area contributed by atoms with E-state index in [-0.39, 0.29) is 0 Å². The Kier molecular flexibility index (Phi) is 9.28. The van der Waals surface area contributed by atoms with Crippen molar-refractivity contribution in [2.75, 3.05) is 4.90 Å². The SMILES string of the molecule is c1ccc(-n2c3ccccc3c3cc(-c4cccc(N(c5ccc(C(c6ccccc6)(c6ccccc6)c6ccccc6)cc5)c5ccc6sc7ccccc7c6c5)c4)ccc32)cc1. The summed E-state index contributed by atoms with van der Waals surface area (Å²) >= 11 is 1.85. The summed E-state index contributed by atoms with van der Waals surface area (Å²) in [6.07, 6.45) is 0. The monoisotopic (exact) mass is 834 g/mol. The number of rotatable bonds is 9. The first-order valence-electron chi connectivity index (χ1n) is 21.9. The molecule has 12 aromatic rings. The highest BCUT2D eigenvalue weighted by atomic mass is 32.1. The summed E-state index contributed by atoms with van der Waals surface area (Å²) in [4.78, 5) is 2.42. The molecule has 2 heterocycles. The molecule has 0 unspecified atom stereocenters. The Balaban J connectivity index is 1.03. The Morgan fingerprint density at radius 1 is 0.312 bits per heavy atom. The minimum absolute atomic E-state index is 0.538. The van der Waals surface area contributed by atoms with Crippen molar-refractivity contribution in [2.24, 2.45) is 0 Å². The van der Waals surface area contributed by atoms with Crippen LogP contribution in [0.3, 0.4) is 0 Å². The summed E-state index contributed by atoms with van der Waals surface area (Å²) in [6.45, 7) is 0. The Bertz CT molecular complexity index is 3500. The second-order valence-electron chi connectivity index (χ2n) is 16.5. The van der Waals surface area contributed by atoms with E-state index in [0.29, 0.717) is 0 Å². The molecule has 0 spiro atoms. The zero-order valence-corrected chi connectivity index (χ0v) is 35.9. The molecule has 2 nitrogen and oxygen atoms in total. The first kappa shape index (κ1) is 37.8. The van der Waals surface area contributed by atoms with Gasteiger partial charge in [0.2, 0.25) is 0 Å². The lowest BCUT2D eigenvalue weighted by atomic mass is 9.65. The van der Waals surface area contributed by atoms with Crippen LogP contribution in [0.4, 0.5) is 17.1 Å². The van der Waals surface area contributed by atoms with Crippen LogP contribution in [0.5, 0.6) is 0 Å². The molecule has 10 aromatic carbocycles. The maximum absolute atomic E-state index is 2.42. The molecule has 2 aromatic heterocycles. The smallest absolute Gasteiger partial charge is 0.0701 e. The van der Waals surface area contributed by atoms with Crippen LogP contribution in [-0.2, 0) is 5.41 Å². The van der Waals surface area contributed by atoms with E-state index in [1.54, 1.807) is 0 Å². The van der Waals surface area contributed by atoms with Gasteiger partial charge < -0.3 is 9.47 Å². The van der Waals surface area contributed by atoms with Crippen molar-refractivity contribution in [2.45, 2.75) is 5.41 Å². The van der Waals surface area contributed by atoms with Crippen LogP contribution >= 0.6 is 11.3 Å². The fourth-order valence-corrected chi connectivity index (χ4v) is 11.1. The summed E-state index contributed by atoms with van der Waals surface area (Å²) in [6, 6.07) is 93.3. The average Bonchev–Trinajstić information content (AvgIpc) is 3.91. The molecule has 64 heavy (non-hydrogen) atoms. The molecule has 0 N–H and O–H groups in total. The lowest BCUT2D eigenvalue weighted by Gasteiger charge is -2.37. The Labute approximate surface area is 377 Å². The van der Waals surface area contributed by atoms with Gasteiger partial charge in [0.1, 0.15) is 0 Å². The van der Waals surface area contributed by atoms with Crippen molar-refractivity contribution >= 4 is 70.4 Å². The van der Waals surface area contributed by atoms with Crippen LogP contribution in [0.2, 0.25) is 0 Å². The number of nitrogens with zero attached hydrogens (tertiary/aromatic N) is 2. The highest BCUT2D eigenvalue weighted by molar-refractivity contribution is 7.25. The number of aromatic nitrogens is 1. The fraction of sp³-hybridized carbons (Fsp3) is 0.0164. The van der Waals surface area contributed by atoms with E-state index in [1.807, 2.05) is 11.3 Å². The highest BCUT2D eigenvalue weighted by Crippen LogP contribution is 2.47. The van der Waals surface area contributed by atoms with Crippen molar-refractivity contribution in [1.82, 2.24) is 4.57 Å². The van der Waals surface area contributed by atoms with E-state index in [4.69, 9.17) is 0 Å². The van der Waals surface area contributed by atoms with Gasteiger partial charge in [-0.1, -0.05) is 176 Å². The molecule has 0 bridgehead atoms. The van der Waals surface area contributed by atoms with Crippen molar-refractivity contribution in [3.05, 3.63) is 277 Å². The molecule has 302 valence electrons. The minimum atomic E-state index is -0.538. The van der Waals surface area contributed by atoms with Crippen LogP contribution in [0.1, 0.15) is 22.3 Å². The fourth-order valence-electron chi connectivity index (χ4n) is 10.1. The predicted molar refractivity (Wildman–Crippen MR) is 272 cm³/mol. The van der Waals surface area contributed by atoms with Gasteiger partial charge in [-0.3, -0.25) is 0 Å². The summed E-state index contributed by atoms with van der Waals surface area (Å²) < 4.78 is 4.97. The quantitative estimate of drug-likeness (QED) is 0.132. The van der Waals surface area contributed by atoms with Crippen LogP contribution in [0, 0.1) is 0 Å². The van der Waals surface area contributed by atoms with E-state index < -0.39 is 5.41 Å². The molecule has 0 aliphatic heterocycles. The standard InChI is InChI=1S/C61H42N2S/c1-5-19-45(20-6-1)61(46-21-7-2-8-22-46,47-23-9-3-10-24-47)48-33-35-50(36-34-48)62(52-37-39-60-56(42-52)54-29-14-16-31-59(54)64-60)51-27-17-18-43(40-51)44-32-38-58-55(41-44)53-28-13-15-30-57(53)63(58)49-25-11-4-12-26-49/h1-42H. The van der Waals surface area contributed by atoms with E-state index >= 15 is 0 Å². The molecule has 0 aliphatic rings. The Morgan fingerprint density at radius 3 is 1.52 bits per heavy atom. The van der Waals surface area contributed by atoms with Crippen molar-refractivity contribution in [3.63, 3.8) is 0 Å². The first-order valence-corrected chi connectivity index (χ1v) is 22.7. The average molecular weight is 835 g/mol. The van der Waals surface area contributed by atoms with Crippen molar-refractivity contribution in [1.29, 1.82) is 0 Å². The lowest BCUT2D eigenvalue weighted by Crippen LogP contribution is -2.31. The number of benzene rings is 10. The minimum Gasteiger partial charge on any atom is -0.310 e. The van der Waals surface area contributed by atoms with Gasteiger partial charge in [-0.05, 0) is 112 Å². The zero-order chi connectivity index (χ0) is 42.5. The van der Waals surface area contributed by atoms with Gasteiger partial charge >= 0.3 is 0 Å². The maximum atomic E-state index is 2.42. The molecule has 0 atom stereocenters. The predicted octanol–water partition coefficient (Wildman–Crippen LogP) is 16.7. The van der Waals surface area contributed by atoms with Gasteiger partial charge in [-0.15, -0.1) is 11.3 Å². The first-order chi connectivity index (χ1) is 31.7. The summed E-state index contributed by atoms with van der Waals surface area (Å²) in [5.74, 6) is 0. The van der Waals surface area contributed by atoms with Gasteiger partial charge in [-0.25, -0.2) is 0 Å². The molecular weight excluding hydrogens is 793 g/mol. The lowest BCUT2D eigenvalue weighted by molar-refractivity contribution is 0.745. The zero-order valence-electron chi connectivity index (χ0n) is 35.1. The molecule has 0 aliphatic carbocycles. The number of para-hydroxylation sites is 2. The van der Waals surface area contributed by atoms with Gasteiger partial charge in [0.25, 0.3) is 0 Å². The second-order valence-corrected chi connectivity index (χ2v) is 17.6. The largest absolute Gasteiger partial charge is 0.310 e. The maximum Gasteiger partial charge on any atom is 0.0701 e. The Morgan fingerprint density at radius 2 is 0.828 bits per heavy atom. The third kappa shape index (κ3) is 6.24. The summed E-state index contributed by atoms with van der Waals surface area (Å²) in [7, 11) is 0. The number of fused-ring (bicyclic) bond motifs is 6. The molecule has 0 fully saturated rings. The molecule has 12 rings (SSSR count). The number of hydrogen-bond donors (Lipinski definition) is 0. The second kappa shape index (κ2) is 15.7. The van der Waals surface area contributed by atoms with Crippen LogP contribution in [0.15, 0.2) is 255 Å². The van der Waals surface area contributed by atoms with Crippen molar-refractivity contribution in [3.8, 4) is 16.8 Å². The van der Waals surface area contributed by atoms with Crippen LogP contribution < -0.4 is 4.90 Å². The summed E-state index contributed by atoms with van der Waals surface area (Å²) in [5, 5.41) is 5.04. The van der Waals surface area contributed by atoms with E-state index in [2.05, 4.69) is 264 Å². The number of thiophene rings is 1. The molecule has 0 saturated carbocycles. The molecular formula is C61H42N2S. The van der Waals surface area contributed by atoms with E-state index in [0.717, 1.165) is 28.3 Å². The van der Waals surface area contributed by atoms with E-state index in [9.17, 15) is 0 Å². The molecule has 0 amide bonds. The third-order valence-corrected chi connectivity index (χ3v) is 14.1. The van der Waals surface area contributed by atoms with Crippen molar-refractivity contribution < 1.29 is 0 Å². The van der Waals surface area contributed by atoms with E-state index in [1.165, 1.54) is 69.8 Å². The molecule has 3 heteroatoms. The van der Waals surface area contributed by atoms with Crippen LogP contribution in [0.25, 0.3) is 58.8 Å². The van der Waals surface area contributed by atoms with Gasteiger partial charge in [-0.2, -0.15) is 0 Å². The van der Waals surface area contributed by atoms with Gasteiger partial charge in [0.05, 0.1) is 16.4 Å². The van der Waals surface area contributed by atoms with Gasteiger partial charge in [0, 0.05) is 53.7 Å². The molecule has 0 radical (unpaired) electrons. The number of hydrogen-bond acceptors (Lipinski definition) is 2. The highest BCUT2D eigenvalue weighted by Gasteiger charge is 2.38. The normalized spacial score (nSPS) is 11.8. The van der Waals surface area contributed by atoms with Crippen LogP contribution in [-0.4, -0.2) is 4.57 Å². The molecule has 0 saturated heterocycles. The Hall–Kier alpha value is -7.98. The van der Waals surface area contributed by atoms with Gasteiger partial charge in [0.15, 0.2) is 0 Å². The number of anilines is 3. The third-order valence-electron chi connectivity index (χ3n) is 12.9. The summed E-state index contributed by atoms with van der Waals surface area (Å²) in [5.41, 5.74) is 13.5.